The molecule has 1 aliphatic rings. The maximum Gasteiger partial charge on any atom is 0.404 e. The van der Waals surface area contributed by atoms with E-state index >= 15 is 0 Å². The van der Waals surface area contributed by atoms with E-state index in [4.69, 9.17) is 5.11 Å². The monoisotopic (exact) mass is 227 g/mol. The van der Waals surface area contributed by atoms with Gasteiger partial charge in [0.25, 0.3) is 0 Å². The Labute approximate surface area is 96.4 Å². The summed E-state index contributed by atoms with van der Waals surface area (Å²) in [5.41, 5.74) is -0.108. The first-order valence-corrected chi connectivity index (χ1v) is 5.82. The van der Waals surface area contributed by atoms with E-state index in [1.807, 2.05) is 20.8 Å². The van der Waals surface area contributed by atoms with Crippen LogP contribution in [0.3, 0.4) is 0 Å². The third kappa shape index (κ3) is 3.51. The number of carbonyl (C=O) groups excluding carboxylic acids is 1. The zero-order chi connectivity index (χ0) is 12.3. The van der Waals surface area contributed by atoms with Gasteiger partial charge in [-0.1, -0.05) is 20.8 Å². The van der Waals surface area contributed by atoms with Gasteiger partial charge in [0.05, 0.1) is 0 Å². The maximum atomic E-state index is 11.2. The summed E-state index contributed by atoms with van der Waals surface area (Å²) < 4.78 is 0. The van der Waals surface area contributed by atoms with Gasteiger partial charge in [0.15, 0.2) is 0 Å². The molecule has 0 spiro atoms. The van der Waals surface area contributed by atoms with Gasteiger partial charge in [-0.2, -0.15) is 0 Å². The summed E-state index contributed by atoms with van der Waals surface area (Å²) in [6.07, 6.45) is 1.83. The van der Waals surface area contributed by atoms with Crippen LogP contribution in [0.2, 0.25) is 0 Å². The average molecular weight is 227 g/mol. The Bertz CT molecular complexity index is 270. The smallest absolute Gasteiger partial charge is 0.404 e. The Hall–Kier alpha value is -1.06. The molecule has 0 aromatic rings. The van der Waals surface area contributed by atoms with Crippen molar-refractivity contribution in [2.24, 2.45) is 11.3 Å². The number of hydrogen-bond acceptors (Lipinski definition) is 2. The standard InChI is InChI=1S/C12H21NO3/c1-12(2,3)10(13-11(15)16)8-4-6-9(14)7-5-8/h8,10,13H,4-7H2,1-3H3,(H,15,16). The first kappa shape index (κ1) is 13.0. The molecule has 0 aliphatic heterocycles. The van der Waals surface area contributed by atoms with Crippen LogP contribution in [0.4, 0.5) is 4.79 Å². The van der Waals surface area contributed by atoms with Gasteiger partial charge >= 0.3 is 6.09 Å². The maximum absolute atomic E-state index is 11.2. The van der Waals surface area contributed by atoms with Gasteiger partial charge < -0.3 is 10.4 Å². The van der Waals surface area contributed by atoms with Gasteiger partial charge in [0.1, 0.15) is 5.78 Å². The molecule has 4 heteroatoms. The lowest BCUT2D eigenvalue weighted by Crippen LogP contribution is -2.49. The van der Waals surface area contributed by atoms with Crippen molar-refractivity contribution < 1.29 is 14.7 Å². The number of carbonyl (C=O) groups is 2. The summed E-state index contributed by atoms with van der Waals surface area (Å²) in [4.78, 5) is 22.0. The minimum Gasteiger partial charge on any atom is -0.465 e. The fourth-order valence-corrected chi connectivity index (χ4v) is 2.47. The van der Waals surface area contributed by atoms with Crippen molar-refractivity contribution in [2.75, 3.05) is 0 Å². The van der Waals surface area contributed by atoms with Crippen LogP contribution in [-0.2, 0) is 4.79 Å². The van der Waals surface area contributed by atoms with Gasteiger partial charge in [-0.3, -0.25) is 4.79 Å². The highest BCUT2D eigenvalue weighted by Crippen LogP contribution is 2.33. The highest BCUT2D eigenvalue weighted by molar-refractivity contribution is 5.79. The van der Waals surface area contributed by atoms with Crippen molar-refractivity contribution in [2.45, 2.75) is 52.5 Å². The molecule has 0 heterocycles. The Kier molecular flexibility index (Phi) is 3.94. The quantitative estimate of drug-likeness (QED) is 0.761. The number of nitrogens with one attached hydrogen (secondary N) is 1. The van der Waals surface area contributed by atoms with Crippen molar-refractivity contribution in [3.63, 3.8) is 0 Å². The summed E-state index contributed by atoms with van der Waals surface area (Å²) in [5, 5.41) is 11.5. The Balaban J connectivity index is 2.69. The SMILES string of the molecule is CC(C)(C)C(NC(=O)O)C1CCC(=O)CC1. The molecular weight excluding hydrogens is 206 g/mol. The van der Waals surface area contributed by atoms with Crippen molar-refractivity contribution >= 4 is 11.9 Å². The lowest BCUT2D eigenvalue weighted by Gasteiger charge is -2.38. The molecule has 2 N–H and O–H groups in total. The summed E-state index contributed by atoms with van der Waals surface area (Å²) in [5.74, 6) is 0.591. The van der Waals surface area contributed by atoms with Gasteiger partial charge in [0, 0.05) is 18.9 Å². The van der Waals surface area contributed by atoms with Crippen molar-refractivity contribution in [3.05, 3.63) is 0 Å². The summed E-state index contributed by atoms with van der Waals surface area (Å²) in [6.45, 7) is 6.10. The Morgan fingerprint density at radius 3 is 2.25 bits per heavy atom. The molecule has 0 bridgehead atoms. The molecule has 4 nitrogen and oxygen atoms in total. The van der Waals surface area contributed by atoms with Gasteiger partial charge in [-0.05, 0) is 24.2 Å². The lowest BCUT2D eigenvalue weighted by molar-refractivity contribution is -0.121. The number of ketones is 1. The van der Waals surface area contributed by atoms with Gasteiger partial charge in [-0.25, -0.2) is 4.79 Å². The second-order valence-electron chi connectivity index (χ2n) is 5.67. The van der Waals surface area contributed by atoms with Crippen LogP contribution in [0.25, 0.3) is 0 Å². The molecular formula is C12H21NO3. The number of carboxylic acid groups (broad SMARTS) is 1. The topological polar surface area (TPSA) is 66.4 Å². The van der Waals surface area contributed by atoms with E-state index in [0.717, 1.165) is 12.8 Å². The molecule has 1 aliphatic carbocycles. The van der Waals surface area contributed by atoms with Crippen LogP contribution in [0.15, 0.2) is 0 Å². The number of Topliss-reactive ketones (excluding diaryl/α,β-unsaturated/α-hetero) is 1. The largest absolute Gasteiger partial charge is 0.465 e. The van der Waals surface area contributed by atoms with Crippen LogP contribution >= 0.6 is 0 Å². The van der Waals surface area contributed by atoms with E-state index in [1.54, 1.807) is 0 Å². The first-order valence-electron chi connectivity index (χ1n) is 5.82. The molecule has 1 saturated carbocycles. The van der Waals surface area contributed by atoms with Crippen molar-refractivity contribution in [3.8, 4) is 0 Å². The molecule has 16 heavy (non-hydrogen) atoms. The minimum absolute atomic E-state index is 0.0712. The average Bonchev–Trinajstić information content (AvgIpc) is 2.14. The zero-order valence-corrected chi connectivity index (χ0v) is 10.2. The highest BCUT2D eigenvalue weighted by atomic mass is 16.4. The third-order valence-corrected chi connectivity index (χ3v) is 3.27. The second-order valence-corrected chi connectivity index (χ2v) is 5.67. The third-order valence-electron chi connectivity index (χ3n) is 3.27. The van der Waals surface area contributed by atoms with E-state index in [2.05, 4.69) is 5.32 Å². The lowest BCUT2D eigenvalue weighted by atomic mass is 9.73. The fraction of sp³-hybridized carbons (Fsp3) is 0.833. The Morgan fingerprint density at radius 2 is 1.88 bits per heavy atom. The van der Waals surface area contributed by atoms with E-state index < -0.39 is 6.09 Å². The molecule has 92 valence electrons. The number of rotatable bonds is 2. The molecule has 1 fully saturated rings. The molecule has 0 aromatic heterocycles. The van der Waals surface area contributed by atoms with E-state index in [-0.39, 0.29) is 17.4 Å². The second kappa shape index (κ2) is 4.85. The number of hydrogen-bond donors (Lipinski definition) is 2. The zero-order valence-electron chi connectivity index (χ0n) is 10.2. The first-order chi connectivity index (χ1) is 7.30. The highest BCUT2D eigenvalue weighted by Gasteiger charge is 2.35. The number of amides is 1. The van der Waals surface area contributed by atoms with E-state index in [9.17, 15) is 9.59 Å². The predicted molar refractivity (Wildman–Crippen MR) is 61.4 cm³/mol. The van der Waals surface area contributed by atoms with Crippen molar-refractivity contribution in [1.82, 2.24) is 5.32 Å². The summed E-state index contributed by atoms with van der Waals surface area (Å²) >= 11 is 0. The molecule has 0 radical (unpaired) electrons. The normalized spacial score (nSPS) is 20.6. The van der Waals surface area contributed by atoms with Crippen molar-refractivity contribution in [1.29, 1.82) is 0 Å². The van der Waals surface area contributed by atoms with Crippen LogP contribution in [0.5, 0.6) is 0 Å². The predicted octanol–water partition coefficient (Wildman–Crippen LogP) is 2.43. The molecule has 1 amide bonds. The van der Waals surface area contributed by atoms with Crippen LogP contribution in [0, 0.1) is 11.3 Å². The van der Waals surface area contributed by atoms with Crippen LogP contribution in [0.1, 0.15) is 46.5 Å². The van der Waals surface area contributed by atoms with Gasteiger partial charge in [-0.15, -0.1) is 0 Å². The molecule has 1 unspecified atom stereocenters. The summed E-state index contributed by atoms with van der Waals surface area (Å²) in [7, 11) is 0. The van der Waals surface area contributed by atoms with E-state index in [1.165, 1.54) is 0 Å². The van der Waals surface area contributed by atoms with Crippen LogP contribution in [-0.4, -0.2) is 23.0 Å². The molecule has 1 rings (SSSR count). The Morgan fingerprint density at radius 1 is 1.38 bits per heavy atom. The van der Waals surface area contributed by atoms with Gasteiger partial charge in [0.2, 0.25) is 0 Å². The summed E-state index contributed by atoms with van der Waals surface area (Å²) in [6, 6.07) is -0.0712. The molecule has 1 atom stereocenters. The fourth-order valence-electron chi connectivity index (χ4n) is 2.47. The minimum atomic E-state index is -0.975. The van der Waals surface area contributed by atoms with Crippen LogP contribution < -0.4 is 5.32 Å². The molecule has 0 aromatic carbocycles. The van der Waals surface area contributed by atoms with E-state index in [0.29, 0.717) is 18.6 Å². The molecule has 0 saturated heterocycles.